The fourth-order valence-electron chi connectivity index (χ4n) is 1.17. The van der Waals surface area contributed by atoms with Crippen molar-refractivity contribution in [1.29, 1.82) is 0 Å². The van der Waals surface area contributed by atoms with Gasteiger partial charge in [-0.25, -0.2) is 9.97 Å². The molecular weight excluding hydrogens is 164 g/mol. The second kappa shape index (κ2) is 2.90. The van der Waals surface area contributed by atoms with Crippen molar-refractivity contribution in [2.45, 2.75) is 6.92 Å². The number of anilines is 1. The van der Waals surface area contributed by atoms with Crippen molar-refractivity contribution in [3.63, 3.8) is 0 Å². The number of rotatable bonds is 1. The first-order valence-electron chi connectivity index (χ1n) is 4.00. The normalized spacial score (nSPS) is 10.2. The summed E-state index contributed by atoms with van der Waals surface area (Å²) in [5.41, 5.74) is 7.55. The van der Waals surface area contributed by atoms with Crippen molar-refractivity contribution in [2.24, 2.45) is 0 Å². The Balaban J connectivity index is 2.52. The average Bonchev–Trinajstić information content (AvgIpc) is 2.53. The Morgan fingerprint density at radius 2 is 2.23 bits per heavy atom. The Morgan fingerprint density at radius 3 is 2.85 bits per heavy atom. The number of nitrogen functional groups attached to an aromatic ring is 1. The quantitative estimate of drug-likeness (QED) is 0.686. The third kappa shape index (κ3) is 1.38. The highest BCUT2D eigenvalue weighted by Crippen LogP contribution is 2.19. The number of nitrogens with one attached hydrogen (secondary N) is 1. The number of H-pyrrole nitrogens is 1. The monoisotopic (exact) mass is 174 g/mol. The number of nitrogens with zero attached hydrogens (tertiary/aromatic N) is 2. The average molecular weight is 174 g/mol. The van der Waals surface area contributed by atoms with Crippen molar-refractivity contribution in [1.82, 2.24) is 15.0 Å². The summed E-state index contributed by atoms with van der Waals surface area (Å²) in [6.07, 6.45) is 3.43. The van der Waals surface area contributed by atoms with E-state index < -0.39 is 0 Å². The second-order valence-corrected chi connectivity index (χ2v) is 2.85. The summed E-state index contributed by atoms with van der Waals surface area (Å²) in [7, 11) is 0. The molecule has 2 aromatic rings. The lowest BCUT2D eigenvalue weighted by Crippen LogP contribution is -1.93. The molecule has 66 valence electrons. The fraction of sp³-hybridized carbons (Fsp3) is 0.111. The molecule has 13 heavy (non-hydrogen) atoms. The van der Waals surface area contributed by atoms with Gasteiger partial charge >= 0.3 is 0 Å². The van der Waals surface area contributed by atoms with Crippen LogP contribution in [-0.4, -0.2) is 15.0 Å². The molecule has 0 saturated carbocycles. The highest BCUT2D eigenvalue weighted by atomic mass is 14.9. The van der Waals surface area contributed by atoms with E-state index in [4.69, 9.17) is 5.73 Å². The van der Waals surface area contributed by atoms with E-state index in [1.807, 2.05) is 19.1 Å². The molecule has 0 aliphatic heterocycles. The smallest absolute Gasteiger partial charge is 0.141 e. The number of imidazole rings is 1. The number of nitrogens with two attached hydrogens (primary N) is 1. The zero-order valence-electron chi connectivity index (χ0n) is 7.28. The van der Waals surface area contributed by atoms with Gasteiger partial charge in [0.15, 0.2) is 0 Å². The molecule has 2 rings (SSSR count). The molecule has 2 heterocycles. The summed E-state index contributed by atoms with van der Waals surface area (Å²) in [5.74, 6) is 1.26. The summed E-state index contributed by atoms with van der Waals surface area (Å²) < 4.78 is 0. The van der Waals surface area contributed by atoms with E-state index >= 15 is 0 Å². The molecule has 0 aliphatic rings. The van der Waals surface area contributed by atoms with Crippen LogP contribution in [0, 0.1) is 6.92 Å². The summed E-state index contributed by atoms with van der Waals surface area (Å²) in [6, 6.07) is 3.73. The first-order valence-corrected chi connectivity index (χ1v) is 4.00. The minimum absolute atomic E-state index is 0.497. The van der Waals surface area contributed by atoms with Crippen LogP contribution in [0.5, 0.6) is 0 Å². The maximum Gasteiger partial charge on any atom is 0.141 e. The van der Waals surface area contributed by atoms with Crippen molar-refractivity contribution >= 4 is 5.82 Å². The molecular formula is C9H10N4. The molecule has 0 saturated heterocycles. The van der Waals surface area contributed by atoms with Crippen molar-refractivity contribution in [3.05, 3.63) is 30.2 Å². The molecule has 4 nitrogen and oxygen atoms in total. The lowest BCUT2D eigenvalue weighted by Gasteiger charge is -1.99. The Kier molecular flexibility index (Phi) is 1.73. The largest absolute Gasteiger partial charge is 0.383 e. The van der Waals surface area contributed by atoms with Crippen LogP contribution >= 0.6 is 0 Å². The molecule has 0 aromatic carbocycles. The van der Waals surface area contributed by atoms with Crippen LogP contribution < -0.4 is 5.73 Å². The van der Waals surface area contributed by atoms with E-state index in [9.17, 15) is 0 Å². The Morgan fingerprint density at radius 1 is 1.38 bits per heavy atom. The number of hydrogen-bond acceptors (Lipinski definition) is 3. The van der Waals surface area contributed by atoms with Crippen LogP contribution in [0.25, 0.3) is 11.4 Å². The van der Waals surface area contributed by atoms with Gasteiger partial charge in [0, 0.05) is 18.1 Å². The van der Waals surface area contributed by atoms with Crippen LogP contribution in [0.4, 0.5) is 5.82 Å². The molecule has 0 fully saturated rings. The van der Waals surface area contributed by atoms with Gasteiger partial charge in [0.25, 0.3) is 0 Å². The molecule has 0 atom stereocenters. The zero-order valence-corrected chi connectivity index (χ0v) is 7.28. The van der Waals surface area contributed by atoms with E-state index in [2.05, 4.69) is 15.0 Å². The van der Waals surface area contributed by atoms with E-state index in [0.717, 1.165) is 17.1 Å². The summed E-state index contributed by atoms with van der Waals surface area (Å²) in [6.45, 7) is 1.95. The molecule has 0 unspecified atom stereocenters. The first-order chi connectivity index (χ1) is 6.27. The molecule has 0 aliphatic carbocycles. The maximum absolute atomic E-state index is 5.69. The third-order valence-electron chi connectivity index (χ3n) is 1.80. The second-order valence-electron chi connectivity index (χ2n) is 2.85. The summed E-state index contributed by atoms with van der Waals surface area (Å²) in [4.78, 5) is 11.3. The van der Waals surface area contributed by atoms with Gasteiger partial charge in [0.05, 0.1) is 5.56 Å². The Hall–Kier alpha value is -1.84. The van der Waals surface area contributed by atoms with Crippen LogP contribution in [0.1, 0.15) is 5.69 Å². The minimum Gasteiger partial charge on any atom is -0.383 e. The van der Waals surface area contributed by atoms with E-state index in [0.29, 0.717) is 5.82 Å². The van der Waals surface area contributed by atoms with E-state index in [1.165, 1.54) is 0 Å². The van der Waals surface area contributed by atoms with Gasteiger partial charge in [-0.1, -0.05) is 0 Å². The van der Waals surface area contributed by atoms with Crippen LogP contribution in [-0.2, 0) is 0 Å². The number of aryl methyl sites for hydroxylation is 1. The molecule has 0 radical (unpaired) electrons. The van der Waals surface area contributed by atoms with Crippen molar-refractivity contribution < 1.29 is 0 Å². The number of hydrogen-bond donors (Lipinski definition) is 2. The number of aromatic nitrogens is 3. The SMILES string of the molecule is Cc1cnc(-c2cccnc2N)[nH]1. The Labute approximate surface area is 75.8 Å². The van der Waals surface area contributed by atoms with Crippen LogP contribution in [0.3, 0.4) is 0 Å². The molecule has 0 spiro atoms. The van der Waals surface area contributed by atoms with Gasteiger partial charge in [-0.05, 0) is 19.1 Å². The van der Waals surface area contributed by atoms with Crippen LogP contribution in [0.2, 0.25) is 0 Å². The lowest BCUT2D eigenvalue weighted by molar-refractivity contribution is 1.24. The standard InChI is InChI=1S/C9H10N4/c1-6-5-12-9(13-6)7-3-2-4-11-8(7)10/h2-5H,1H3,(H2,10,11)(H,12,13). The molecule has 0 amide bonds. The molecule has 3 N–H and O–H groups in total. The molecule has 4 heteroatoms. The van der Waals surface area contributed by atoms with Crippen molar-refractivity contribution in [3.8, 4) is 11.4 Å². The zero-order chi connectivity index (χ0) is 9.26. The predicted octanol–water partition coefficient (Wildman–Crippen LogP) is 1.36. The highest BCUT2D eigenvalue weighted by Gasteiger charge is 2.04. The fourth-order valence-corrected chi connectivity index (χ4v) is 1.17. The van der Waals surface area contributed by atoms with Crippen molar-refractivity contribution in [2.75, 3.05) is 5.73 Å². The van der Waals surface area contributed by atoms with Crippen LogP contribution in [0.15, 0.2) is 24.5 Å². The number of pyridine rings is 1. The van der Waals surface area contributed by atoms with Gasteiger partial charge in [-0.15, -0.1) is 0 Å². The highest BCUT2D eigenvalue weighted by molar-refractivity contribution is 5.67. The summed E-state index contributed by atoms with van der Waals surface area (Å²) >= 11 is 0. The number of aromatic amines is 1. The third-order valence-corrected chi connectivity index (χ3v) is 1.80. The van der Waals surface area contributed by atoms with E-state index in [-0.39, 0.29) is 0 Å². The first kappa shape index (κ1) is 7.79. The van der Waals surface area contributed by atoms with Gasteiger partial charge in [-0.2, -0.15) is 0 Å². The Bertz CT molecular complexity index is 419. The maximum atomic E-state index is 5.69. The summed E-state index contributed by atoms with van der Waals surface area (Å²) in [5, 5.41) is 0. The van der Waals surface area contributed by atoms with E-state index in [1.54, 1.807) is 12.4 Å². The van der Waals surface area contributed by atoms with Gasteiger partial charge in [0.2, 0.25) is 0 Å². The topological polar surface area (TPSA) is 67.6 Å². The van der Waals surface area contributed by atoms with Gasteiger partial charge in [0.1, 0.15) is 11.6 Å². The van der Waals surface area contributed by atoms with Gasteiger partial charge < -0.3 is 10.7 Å². The van der Waals surface area contributed by atoms with Gasteiger partial charge in [-0.3, -0.25) is 0 Å². The minimum atomic E-state index is 0.497. The molecule has 0 bridgehead atoms. The lowest BCUT2D eigenvalue weighted by atomic mass is 10.2. The molecule has 2 aromatic heterocycles. The predicted molar refractivity (Wildman–Crippen MR) is 51.0 cm³/mol.